The molecule has 0 saturated carbocycles. The summed E-state index contributed by atoms with van der Waals surface area (Å²) in [7, 11) is 3.61. The molecule has 2 aromatic carbocycles. The van der Waals surface area contributed by atoms with Crippen LogP contribution in [0.3, 0.4) is 0 Å². The van der Waals surface area contributed by atoms with E-state index in [4.69, 9.17) is 22.7 Å². The van der Waals surface area contributed by atoms with Gasteiger partial charge in [0.1, 0.15) is 10.7 Å². The lowest BCUT2D eigenvalue weighted by atomic mass is 10.1. The molecule has 104 valence electrons. The fourth-order valence-corrected chi connectivity index (χ4v) is 2.55. The maximum Gasteiger partial charge on any atom is 0.142 e. The Morgan fingerprint density at radius 1 is 1.20 bits per heavy atom. The van der Waals surface area contributed by atoms with Crippen molar-refractivity contribution in [1.29, 1.82) is 0 Å². The highest BCUT2D eigenvalue weighted by atomic mass is 79.9. The summed E-state index contributed by atoms with van der Waals surface area (Å²) in [4.78, 5) is 2.38. The summed E-state index contributed by atoms with van der Waals surface area (Å²) < 4.78 is 6.37. The monoisotopic (exact) mass is 350 g/mol. The van der Waals surface area contributed by atoms with E-state index in [1.165, 1.54) is 0 Å². The van der Waals surface area contributed by atoms with Gasteiger partial charge in [-0.05, 0) is 30.3 Å². The molecule has 0 aliphatic heterocycles. The lowest BCUT2D eigenvalue weighted by molar-refractivity contribution is 0.415. The first kappa shape index (κ1) is 14.8. The van der Waals surface area contributed by atoms with Crippen molar-refractivity contribution in [1.82, 2.24) is 0 Å². The fourth-order valence-electron chi connectivity index (χ4n) is 2.03. The third kappa shape index (κ3) is 2.94. The standard InChI is InChI=1S/C15H15BrN2OS/c1-18(12-5-3-4-6-14(12)19-2)13-9-10(16)7-8-11(13)15(17)20/h3-9H,1-2H3,(H2,17,20). The zero-order valence-corrected chi connectivity index (χ0v) is 13.7. The zero-order chi connectivity index (χ0) is 14.7. The van der Waals surface area contributed by atoms with Crippen molar-refractivity contribution in [2.75, 3.05) is 19.1 Å². The Kier molecular flexibility index (Phi) is 4.62. The molecule has 2 aromatic rings. The Hall–Kier alpha value is -1.59. The summed E-state index contributed by atoms with van der Waals surface area (Å²) >= 11 is 8.61. The molecule has 0 atom stereocenters. The summed E-state index contributed by atoms with van der Waals surface area (Å²) in [5, 5.41) is 0. The molecule has 0 aromatic heterocycles. The van der Waals surface area contributed by atoms with Gasteiger partial charge in [0, 0.05) is 17.1 Å². The first-order valence-corrected chi connectivity index (χ1v) is 7.21. The quantitative estimate of drug-likeness (QED) is 0.849. The summed E-state index contributed by atoms with van der Waals surface area (Å²) in [6.45, 7) is 0. The van der Waals surface area contributed by atoms with Gasteiger partial charge >= 0.3 is 0 Å². The van der Waals surface area contributed by atoms with E-state index in [1.54, 1.807) is 7.11 Å². The van der Waals surface area contributed by atoms with Crippen LogP contribution in [0, 0.1) is 0 Å². The number of ether oxygens (including phenoxy) is 1. The minimum absolute atomic E-state index is 0.370. The highest BCUT2D eigenvalue weighted by Gasteiger charge is 2.14. The molecular weight excluding hydrogens is 336 g/mol. The molecule has 0 saturated heterocycles. The summed E-state index contributed by atoms with van der Waals surface area (Å²) in [6, 6.07) is 13.6. The number of para-hydroxylation sites is 2. The van der Waals surface area contributed by atoms with Gasteiger partial charge < -0.3 is 15.4 Å². The molecule has 3 nitrogen and oxygen atoms in total. The van der Waals surface area contributed by atoms with Gasteiger partial charge in [-0.15, -0.1) is 0 Å². The molecule has 0 spiro atoms. The van der Waals surface area contributed by atoms with E-state index in [0.717, 1.165) is 27.2 Å². The Labute approximate surface area is 132 Å². The smallest absolute Gasteiger partial charge is 0.142 e. The van der Waals surface area contributed by atoms with E-state index >= 15 is 0 Å². The minimum atomic E-state index is 0.370. The minimum Gasteiger partial charge on any atom is -0.495 e. The first-order chi connectivity index (χ1) is 9.54. The highest BCUT2D eigenvalue weighted by molar-refractivity contribution is 9.10. The zero-order valence-electron chi connectivity index (χ0n) is 11.3. The Balaban J connectivity index is 2.55. The van der Waals surface area contributed by atoms with E-state index in [2.05, 4.69) is 15.9 Å². The number of thiocarbonyl (C=S) groups is 1. The second-order valence-corrected chi connectivity index (χ2v) is 5.61. The van der Waals surface area contributed by atoms with Gasteiger partial charge in [-0.1, -0.05) is 40.3 Å². The maximum atomic E-state index is 5.81. The molecular formula is C15H15BrN2OS. The molecule has 0 heterocycles. The van der Waals surface area contributed by atoms with Gasteiger partial charge in [-0.3, -0.25) is 0 Å². The third-order valence-corrected chi connectivity index (χ3v) is 3.75. The number of anilines is 2. The number of hydrogen-bond donors (Lipinski definition) is 1. The molecule has 0 fully saturated rings. The van der Waals surface area contributed by atoms with Crippen LogP contribution in [-0.2, 0) is 0 Å². The van der Waals surface area contributed by atoms with Crippen molar-refractivity contribution in [2.45, 2.75) is 0 Å². The van der Waals surface area contributed by atoms with E-state index in [0.29, 0.717) is 4.99 Å². The first-order valence-electron chi connectivity index (χ1n) is 6.00. The van der Waals surface area contributed by atoms with Gasteiger partial charge in [0.05, 0.1) is 18.5 Å². The number of nitrogens with zero attached hydrogens (tertiary/aromatic N) is 1. The lowest BCUT2D eigenvalue weighted by Gasteiger charge is -2.24. The van der Waals surface area contributed by atoms with Gasteiger partial charge in [0.25, 0.3) is 0 Å². The molecule has 20 heavy (non-hydrogen) atoms. The molecule has 2 rings (SSSR count). The molecule has 0 aliphatic carbocycles. The molecule has 5 heteroatoms. The molecule has 0 amide bonds. The predicted molar refractivity (Wildman–Crippen MR) is 91.1 cm³/mol. The number of rotatable bonds is 4. The number of hydrogen-bond acceptors (Lipinski definition) is 3. The lowest BCUT2D eigenvalue weighted by Crippen LogP contribution is -2.18. The second kappa shape index (κ2) is 6.24. The van der Waals surface area contributed by atoms with Crippen LogP contribution in [0.1, 0.15) is 5.56 Å². The topological polar surface area (TPSA) is 38.5 Å². The van der Waals surface area contributed by atoms with Crippen LogP contribution in [0.25, 0.3) is 0 Å². The van der Waals surface area contributed by atoms with Crippen molar-refractivity contribution >= 4 is 44.5 Å². The Morgan fingerprint density at radius 2 is 1.90 bits per heavy atom. The van der Waals surface area contributed by atoms with Crippen molar-refractivity contribution in [2.24, 2.45) is 5.73 Å². The van der Waals surface area contributed by atoms with Crippen molar-refractivity contribution in [3.63, 3.8) is 0 Å². The summed E-state index contributed by atoms with van der Waals surface area (Å²) in [5.41, 5.74) is 8.52. The van der Waals surface area contributed by atoms with Gasteiger partial charge in [0.15, 0.2) is 0 Å². The number of nitrogens with two attached hydrogens (primary N) is 1. The number of halogens is 1. The van der Waals surface area contributed by atoms with E-state index in [9.17, 15) is 0 Å². The van der Waals surface area contributed by atoms with Crippen molar-refractivity contribution in [3.8, 4) is 5.75 Å². The van der Waals surface area contributed by atoms with E-state index in [-0.39, 0.29) is 0 Å². The van der Waals surface area contributed by atoms with Crippen LogP contribution in [0.15, 0.2) is 46.9 Å². The van der Waals surface area contributed by atoms with Crippen LogP contribution >= 0.6 is 28.1 Å². The van der Waals surface area contributed by atoms with Crippen LogP contribution < -0.4 is 15.4 Å². The Morgan fingerprint density at radius 3 is 2.55 bits per heavy atom. The molecule has 0 radical (unpaired) electrons. The van der Waals surface area contributed by atoms with Gasteiger partial charge in [0.2, 0.25) is 0 Å². The SMILES string of the molecule is COc1ccccc1N(C)c1cc(Br)ccc1C(N)=S. The van der Waals surface area contributed by atoms with Crippen LogP contribution in [0.2, 0.25) is 0 Å². The van der Waals surface area contributed by atoms with Crippen LogP contribution in [-0.4, -0.2) is 19.1 Å². The summed E-state index contributed by atoms with van der Waals surface area (Å²) in [5.74, 6) is 0.795. The Bertz CT molecular complexity index is 646. The van der Waals surface area contributed by atoms with Gasteiger partial charge in [-0.25, -0.2) is 0 Å². The largest absolute Gasteiger partial charge is 0.495 e. The average Bonchev–Trinajstić information content (AvgIpc) is 2.46. The van der Waals surface area contributed by atoms with Crippen molar-refractivity contribution in [3.05, 3.63) is 52.5 Å². The van der Waals surface area contributed by atoms with Gasteiger partial charge in [-0.2, -0.15) is 0 Å². The third-order valence-electron chi connectivity index (χ3n) is 3.03. The maximum absolute atomic E-state index is 5.81. The van der Waals surface area contributed by atoms with Crippen LogP contribution in [0.4, 0.5) is 11.4 Å². The summed E-state index contributed by atoms with van der Waals surface area (Å²) in [6.07, 6.45) is 0. The normalized spacial score (nSPS) is 10.2. The molecule has 2 N–H and O–H groups in total. The molecule has 0 unspecified atom stereocenters. The fraction of sp³-hybridized carbons (Fsp3) is 0.133. The van der Waals surface area contributed by atoms with E-state index in [1.807, 2.05) is 54.4 Å². The highest BCUT2D eigenvalue weighted by Crippen LogP contribution is 2.35. The molecule has 0 aliphatic rings. The van der Waals surface area contributed by atoms with Crippen molar-refractivity contribution < 1.29 is 4.74 Å². The average molecular weight is 351 g/mol. The second-order valence-electron chi connectivity index (χ2n) is 4.26. The molecule has 0 bridgehead atoms. The van der Waals surface area contributed by atoms with E-state index < -0.39 is 0 Å². The predicted octanol–water partition coefficient (Wildman–Crippen LogP) is 3.86. The number of benzene rings is 2. The number of methoxy groups -OCH3 is 1. The van der Waals surface area contributed by atoms with Crippen LogP contribution in [0.5, 0.6) is 5.75 Å².